The second-order valence-electron chi connectivity index (χ2n) is 5.50. The lowest BCUT2D eigenvalue weighted by atomic mass is 9.88. The molecule has 0 aromatic carbocycles. The van der Waals surface area contributed by atoms with E-state index in [-0.39, 0.29) is 0 Å². The summed E-state index contributed by atoms with van der Waals surface area (Å²) < 4.78 is 5.73. The highest BCUT2D eigenvalue weighted by molar-refractivity contribution is 5.67. The Morgan fingerprint density at radius 1 is 1.21 bits per heavy atom. The number of nitrogens with two attached hydrogens (primary N) is 1. The number of hydrogen-bond acceptors (Lipinski definition) is 4. The van der Waals surface area contributed by atoms with Crippen LogP contribution in [-0.2, 0) is 6.42 Å². The van der Waals surface area contributed by atoms with Crippen LogP contribution in [0, 0.1) is 18.8 Å². The molecule has 2 aromatic heterocycles. The van der Waals surface area contributed by atoms with Gasteiger partial charge in [0, 0.05) is 12.1 Å². The van der Waals surface area contributed by atoms with Crippen molar-refractivity contribution in [3.63, 3.8) is 0 Å². The van der Waals surface area contributed by atoms with E-state index in [4.69, 9.17) is 10.2 Å². The first-order valence-electron chi connectivity index (χ1n) is 7.03. The molecule has 0 fully saturated rings. The second-order valence-corrected chi connectivity index (χ2v) is 5.50. The van der Waals surface area contributed by atoms with Gasteiger partial charge in [-0.3, -0.25) is 0 Å². The number of fused-ring (bicyclic) bond motifs is 1. The fraction of sp³-hybridized carbons (Fsp3) is 0.600. The molecule has 2 N–H and O–H groups in total. The lowest BCUT2D eigenvalue weighted by Crippen LogP contribution is -2.15. The number of oxazole rings is 1. The van der Waals surface area contributed by atoms with E-state index in [2.05, 4.69) is 23.8 Å². The highest BCUT2D eigenvalue weighted by Gasteiger charge is 2.15. The minimum absolute atomic E-state index is 0.634. The molecule has 0 saturated heterocycles. The number of hydrogen-bond donors (Lipinski definition) is 1. The maximum absolute atomic E-state index is 5.73. The third-order valence-electron chi connectivity index (χ3n) is 3.65. The normalized spacial score (nSPS) is 13.3. The highest BCUT2D eigenvalue weighted by Crippen LogP contribution is 2.22. The second kappa shape index (κ2) is 6.15. The highest BCUT2D eigenvalue weighted by atomic mass is 16.3. The summed E-state index contributed by atoms with van der Waals surface area (Å²) in [6.45, 7) is 7.20. The molecule has 0 aliphatic carbocycles. The number of rotatable bonds is 6. The Bertz CT molecular complexity index is 533. The molecule has 1 unspecified atom stereocenters. The van der Waals surface area contributed by atoms with E-state index in [9.17, 15) is 0 Å². The molecule has 0 bridgehead atoms. The van der Waals surface area contributed by atoms with Gasteiger partial charge in [0.05, 0.1) is 0 Å². The lowest BCUT2D eigenvalue weighted by Gasteiger charge is -2.18. The quantitative estimate of drug-likeness (QED) is 0.867. The van der Waals surface area contributed by atoms with E-state index in [0.29, 0.717) is 11.8 Å². The van der Waals surface area contributed by atoms with Crippen LogP contribution in [0.25, 0.3) is 11.2 Å². The van der Waals surface area contributed by atoms with Crippen LogP contribution < -0.4 is 5.73 Å². The first-order chi connectivity index (χ1) is 9.10. The molecule has 0 saturated carbocycles. The number of nitrogens with zero attached hydrogens (tertiary/aromatic N) is 2. The Kier molecular flexibility index (Phi) is 4.53. The zero-order valence-electron chi connectivity index (χ0n) is 12.0. The van der Waals surface area contributed by atoms with Gasteiger partial charge < -0.3 is 10.2 Å². The Labute approximate surface area is 114 Å². The Hall–Kier alpha value is -1.42. The Morgan fingerprint density at radius 3 is 2.68 bits per heavy atom. The van der Waals surface area contributed by atoms with Crippen LogP contribution in [0.4, 0.5) is 0 Å². The fourth-order valence-electron chi connectivity index (χ4n) is 2.40. The lowest BCUT2D eigenvalue weighted by molar-refractivity contribution is 0.330. The molecule has 4 heteroatoms. The molecule has 2 heterocycles. The van der Waals surface area contributed by atoms with Gasteiger partial charge in [-0.2, -0.15) is 4.98 Å². The maximum Gasteiger partial charge on any atom is 0.199 e. The van der Waals surface area contributed by atoms with Crippen LogP contribution in [-0.4, -0.2) is 16.5 Å². The Balaban J connectivity index is 2.04. The zero-order valence-corrected chi connectivity index (χ0v) is 12.0. The van der Waals surface area contributed by atoms with Crippen molar-refractivity contribution in [2.24, 2.45) is 17.6 Å². The summed E-state index contributed by atoms with van der Waals surface area (Å²) in [5.41, 5.74) is 8.13. The largest absolute Gasteiger partial charge is 0.439 e. The SMILES string of the molecule is Cc1ccc2oc(CCC(CCN)C(C)C)nc2n1. The van der Waals surface area contributed by atoms with Crippen LogP contribution in [0.3, 0.4) is 0 Å². The summed E-state index contributed by atoms with van der Waals surface area (Å²) in [4.78, 5) is 8.83. The smallest absolute Gasteiger partial charge is 0.199 e. The molecule has 2 rings (SSSR count). The van der Waals surface area contributed by atoms with Gasteiger partial charge in [0.25, 0.3) is 0 Å². The number of aromatic nitrogens is 2. The standard InChI is InChI=1S/C15H23N3O/c1-10(2)12(8-9-16)5-7-14-18-15-13(19-14)6-4-11(3)17-15/h4,6,10,12H,5,7-9,16H2,1-3H3. The molecular formula is C15H23N3O. The van der Waals surface area contributed by atoms with Crippen molar-refractivity contribution < 1.29 is 4.42 Å². The number of aryl methyl sites for hydroxylation is 2. The van der Waals surface area contributed by atoms with Crippen LogP contribution in [0.2, 0.25) is 0 Å². The molecule has 1 atom stereocenters. The van der Waals surface area contributed by atoms with Crippen molar-refractivity contribution in [3.8, 4) is 0 Å². The van der Waals surface area contributed by atoms with Gasteiger partial charge in [0.15, 0.2) is 17.1 Å². The minimum Gasteiger partial charge on any atom is -0.439 e. The molecule has 19 heavy (non-hydrogen) atoms. The predicted octanol–water partition coefficient (Wildman–Crippen LogP) is 3.08. The van der Waals surface area contributed by atoms with E-state index in [1.807, 2.05) is 19.1 Å². The first kappa shape index (κ1) is 14.0. The first-order valence-corrected chi connectivity index (χ1v) is 7.03. The molecule has 104 valence electrons. The van der Waals surface area contributed by atoms with Gasteiger partial charge in [0.2, 0.25) is 0 Å². The monoisotopic (exact) mass is 261 g/mol. The molecule has 0 aliphatic rings. The molecule has 0 radical (unpaired) electrons. The Morgan fingerprint density at radius 2 is 2.00 bits per heavy atom. The fourth-order valence-corrected chi connectivity index (χ4v) is 2.40. The van der Waals surface area contributed by atoms with E-state index in [1.54, 1.807) is 0 Å². The van der Waals surface area contributed by atoms with Gasteiger partial charge >= 0.3 is 0 Å². The van der Waals surface area contributed by atoms with Crippen LogP contribution in [0.5, 0.6) is 0 Å². The summed E-state index contributed by atoms with van der Waals surface area (Å²) in [5.74, 6) is 2.07. The zero-order chi connectivity index (χ0) is 13.8. The molecule has 0 spiro atoms. The van der Waals surface area contributed by atoms with Crippen molar-refractivity contribution in [3.05, 3.63) is 23.7 Å². The van der Waals surface area contributed by atoms with Crippen LogP contribution >= 0.6 is 0 Å². The molecule has 0 aliphatic heterocycles. The third-order valence-corrected chi connectivity index (χ3v) is 3.65. The minimum atomic E-state index is 0.634. The molecule has 0 amide bonds. The third kappa shape index (κ3) is 3.53. The van der Waals surface area contributed by atoms with Crippen molar-refractivity contribution in [1.82, 2.24) is 9.97 Å². The van der Waals surface area contributed by atoms with E-state index < -0.39 is 0 Å². The van der Waals surface area contributed by atoms with Crippen molar-refractivity contribution >= 4 is 11.2 Å². The average Bonchev–Trinajstić information content (AvgIpc) is 2.75. The number of pyridine rings is 1. The van der Waals surface area contributed by atoms with Crippen molar-refractivity contribution in [2.45, 2.75) is 40.0 Å². The van der Waals surface area contributed by atoms with Gasteiger partial charge in [-0.25, -0.2) is 4.98 Å². The van der Waals surface area contributed by atoms with Gasteiger partial charge in [-0.1, -0.05) is 13.8 Å². The van der Waals surface area contributed by atoms with Gasteiger partial charge in [-0.15, -0.1) is 0 Å². The van der Waals surface area contributed by atoms with E-state index >= 15 is 0 Å². The summed E-state index contributed by atoms with van der Waals surface area (Å²) in [5, 5.41) is 0. The molecule has 2 aromatic rings. The summed E-state index contributed by atoms with van der Waals surface area (Å²) in [6, 6.07) is 3.89. The van der Waals surface area contributed by atoms with Crippen LogP contribution in [0.1, 0.15) is 38.3 Å². The van der Waals surface area contributed by atoms with Crippen molar-refractivity contribution in [2.75, 3.05) is 6.54 Å². The summed E-state index contributed by atoms with van der Waals surface area (Å²) in [7, 11) is 0. The molecular weight excluding hydrogens is 238 g/mol. The topological polar surface area (TPSA) is 64.9 Å². The predicted molar refractivity (Wildman–Crippen MR) is 76.9 cm³/mol. The van der Waals surface area contributed by atoms with Gasteiger partial charge in [-0.05, 0) is 50.3 Å². The maximum atomic E-state index is 5.73. The summed E-state index contributed by atoms with van der Waals surface area (Å²) in [6.07, 6.45) is 2.99. The van der Waals surface area contributed by atoms with E-state index in [1.165, 1.54) is 0 Å². The molecule has 4 nitrogen and oxygen atoms in total. The van der Waals surface area contributed by atoms with E-state index in [0.717, 1.165) is 48.6 Å². The van der Waals surface area contributed by atoms with Crippen molar-refractivity contribution in [1.29, 1.82) is 0 Å². The summed E-state index contributed by atoms with van der Waals surface area (Å²) >= 11 is 0. The van der Waals surface area contributed by atoms with Gasteiger partial charge in [0.1, 0.15) is 0 Å². The van der Waals surface area contributed by atoms with Crippen LogP contribution in [0.15, 0.2) is 16.5 Å². The average molecular weight is 261 g/mol.